The molecule has 1 aliphatic heterocycles. The first-order valence-electron chi connectivity index (χ1n) is 7.55. The number of hydrogen-bond acceptors (Lipinski definition) is 4. The number of hydrogen-bond donors (Lipinski definition) is 0. The molecule has 0 radical (unpaired) electrons. The van der Waals surface area contributed by atoms with Crippen molar-refractivity contribution >= 4 is 35.2 Å². The summed E-state index contributed by atoms with van der Waals surface area (Å²) in [7, 11) is 0. The molecule has 0 saturated heterocycles. The number of rotatable bonds is 5. The Morgan fingerprint density at radius 3 is 2.28 bits per heavy atom. The zero-order valence-electron chi connectivity index (χ0n) is 13.0. The van der Waals surface area contributed by atoms with E-state index in [9.17, 15) is 19.7 Å². The van der Waals surface area contributed by atoms with Crippen LogP contribution in [-0.4, -0.2) is 28.2 Å². The summed E-state index contributed by atoms with van der Waals surface area (Å²) in [6.45, 7) is 0.257. The van der Waals surface area contributed by atoms with Crippen LogP contribution >= 0.6 is 11.6 Å². The van der Waals surface area contributed by atoms with Gasteiger partial charge >= 0.3 is 0 Å². The molecule has 25 heavy (non-hydrogen) atoms. The van der Waals surface area contributed by atoms with Crippen LogP contribution in [0, 0.1) is 10.1 Å². The van der Waals surface area contributed by atoms with Gasteiger partial charge in [0.25, 0.3) is 17.5 Å². The lowest BCUT2D eigenvalue weighted by molar-refractivity contribution is -0.384. The molecule has 1 heterocycles. The standard InChI is InChI=1S/C18H13ClN2O4/c19-16-11-13(21(24)25)9-8-12(16)5-3-4-10-20-17(22)14-6-1-2-7-15(14)18(20)23/h1-3,5-9,11H,4,10H2. The molecule has 7 heteroatoms. The van der Waals surface area contributed by atoms with E-state index in [0.717, 1.165) is 0 Å². The van der Waals surface area contributed by atoms with Gasteiger partial charge in [-0.1, -0.05) is 35.9 Å². The van der Waals surface area contributed by atoms with Crippen molar-refractivity contribution in [3.05, 3.63) is 80.4 Å². The lowest BCUT2D eigenvalue weighted by atomic mass is 10.1. The van der Waals surface area contributed by atoms with Gasteiger partial charge < -0.3 is 0 Å². The van der Waals surface area contributed by atoms with Crippen LogP contribution in [0.5, 0.6) is 0 Å². The van der Waals surface area contributed by atoms with Crippen LogP contribution in [0.1, 0.15) is 32.7 Å². The first-order chi connectivity index (χ1) is 12.0. The van der Waals surface area contributed by atoms with Gasteiger partial charge in [-0.05, 0) is 30.2 Å². The van der Waals surface area contributed by atoms with Gasteiger partial charge in [-0.25, -0.2) is 0 Å². The third kappa shape index (κ3) is 3.29. The maximum Gasteiger partial charge on any atom is 0.270 e. The molecule has 0 unspecified atom stereocenters. The molecule has 0 aromatic heterocycles. The molecule has 2 aromatic rings. The number of amides is 2. The molecule has 0 fully saturated rings. The molecule has 2 amide bonds. The molecular weight excluding hydrogens is 344 g/mol. The summed E-state index contributed by atoms with van der Waals surface area (Å²) in [5.74, 6) is -0.579. The molecule has 6 nitrogen and oxygen atoms in total. The molecule has 0 spiro atoms. The number of fused-ring (bicyclic) bond motifs is 1. The Morgan fingerprint density at radius 1 is 1.08 bits per heavy atom. The maximum atomic E-state index is 12.2. The quantitative estimate of drug-likeness (QED) is 0.461. The van der Waals surface area contributed by atoms with E-state index in [0.29, 0.717) is 23.1 Å². The first-order valence-corrected chi connectivity index (χ1v) is 7.92. The highest BCUT2D eigenvalue weighted by molar-refractivity contribution is 6.32. The fourth-order valence-corrected chi connectivity index (χ4v) is 2.86. The van der Waals surface area contributed by atoms with Crippen LogP contribution in [0.3, 0.4) is 0 Å². The Bertz CT molecular complexity index is 873. The van der Waals surface area contributed by atoms with Crippen LogP contribution in [0.2, 0.25) is 5.02 Å². The Kier molecular flexibility index (Phi) is 4.63. The van der Waals surface area contributed by atoms with Crippen molar-refractivity contribution < 1.29 is 14.5 Å². The predicted molar refractivity (Wildman–Crippen MR) is 93.6 cm³/mol. The summed E-state index contributed by atoms with van der Waals surface area (Å²) >= 11 is 6.01. The molecule has 3 rings (SSSR count). The number of nitrogens with zero attached hydrogens (tertiary/aromatic N) is 2. The van der Waals surface area contributed by atoms with Crippen molar-refractivity contribution in [2.45, 2.75) is 6.42 Å². The summed E-state index contributed by atoms with van der Waals surface area (Å²) in [5, 5.41) is 11.0. The summed E-state index contributed by atoms with van der Waals surface area (Å²) in [6.07, 6.45) is 3.94. The van der Waals surface area contributed by atoms with Gasteiger partial charge in [0.2, 0.25) is 0 Å². The monoisotopic (exact) mass is 356 g/mol. The highest BCUT2D eigenvalue weighted by Gasteiger charge is 2.34. The average Bonchev–Trinajstić information content (AvgIpc) is 2.84. The highest BCUT2D eigenvalue weighted by atomic mass is 35.5. The van der Waals surface area contributed by atoms with E-state index in [4.69, 9.17) is 11.6 Å². The van der Waals surface area contributed by atoms with Gasteiger partial charge in [-0.15, -0.1) is 0 Å². The van der Waals surface area contributed by atoms with E-state index < -0.39 is 4.92 Å². The number of benzene rings is 2. The Labute approximate surface area is 148 Å². The second kappa shape index (κ2) is 6.86. The van der Waals surface area contributed by atoms with Crippen LogP contribution in [0.15, 0.2) is 48.5 Å². The van der Waals surface area contributed by atoms with Crippen LogP contribution in [0.4, 0.5) is 5.69 Å². The number of nitro benzene ring substituents is 1. The summed E-state index contributed by atoms with van der Waals surface area (Å²) < 4.78 is 0. The van der Waals surface area contributed by atoms with E-state index >= 15 is 0 Å². The SMILES string of the molecule is O=C1c2ccccc2C(=O)N1CCC=Cc1ccc([N+](=O)[O-])cc1Cl. The van der Waals surface area contributed by atoms with Gasteiger partial charge in [-0.3, -0.25) is 24.6 Å². The second-order valence-electron chi connectivity index (χ2n) is 5.46. The number of carbonyl (C=O) groups excluding carboxylic acids is 2. The summed E-state index contributed by atoms with van der Waals surface area (Å²) in [6, 6.07) is 10.9. The smallest absolute Gasteiger partial charge is 0.270 e. The Hall–Kier alpha value is -2.99. The van der Waals surface area contributed by atoms with Crippen molar-refractivity contribution in [2.24, 2.45) is 0 Å². The minimum absolute atomic E-state index is 0.0758. The van der Waals surface area contributed by atoms with E-state index in [1.165, 1.54) is 17.0 Å². The summed E-state index contributed by atoms with van der Waals surface area (Å²) in [5.41, 5.74) is 1.41. The molecule has 0 saturated carbocycles. The van der Waals surface area contributed by atoms with Crippen molar-refractivity contribution in [1.29, 1.82) is 0 Å². The molecule has 1 aliphatic rings. The molecule has 0 bridgehead atoms. The normalized spacial score (nSPS) is 13.6. The lowest BCUT2D eigenvalue weighted by Gasteiger charge is -2.11. The zero-order valence-corrected chi connectivity index (χ0v) is 13.8. The van der Waals surface area contributed by atoms with Gasteiger partial charge in [0, 0.05) is 18.7 Å². The van der Waals surface area contributed by atoms with Gasteiger partial charge in [0.1, 0.15) is 0 Å². The van der Waals surface area contributed by atoms with Gasteiger partial charge in [0.15, 0.2) is 0 Å². The number of non-ortho nitro benzene ring substituents is 1. The largest absolute Gasteiger partial charge is 0.274 e. The van der Waals surface area contributed by atoms with E-state index in [1.807, 2.05) is 0 Å². The topological polar surface area (TPSA) is 80.5 Å². The summed E-state index contributed by atoms with van der Waals surface area (Å²) in [4.78, 5) is 35.8. The molecule has 0 atom stereocenters. The number of carbonyl (C=O) groups is 2. The maximum absolute atomic E-state index is 12.2. The fourth-order valence-electron chi connectivity index (χ4n) is 2.62. The Morgan fingerprint density at radius 2 is 1.72 bits per heavy atom. The average molecular weight is 357 g/mol. The second-order valence-corrected chi connectivity index (χ2v) is 5.87. The van der Waals surface area contributed by atoms with E-state index in [2.05, 4.69) is 0 Å². The third-order valence-electron chi connectivity index (χ3n) is 3.89. The highest BCUT2D eigenvalue weighted by Crippen LogP contribution is 2.24. The van der Waals surface area contributed by atoms with Gasteiger partial charge in [0.05, 0.1) is 21.1 Å². The van der Waals surface area contributed by atoms with E-state index in [-0.39, 0.29) is 29.1 Å². The Balaban J connectivity index is 1.64. The zero-order chi connectivity index (χ0) is 18.0. The minimum atomic E-state index is -0.512. The molecule has 2 aromatic carbocycles. The molecule has 0 aliphatic carbocycles. The van der Waals surface area contributed by atoms with Crippen molar-refractivity contribution in [3.63, 3.8) is 0 Å². The van der Waals surface area contributed by atoms with Crippen molar-refractivity contribution in [1.82, 2.24) is 4.90 Å². The minimum Gasteiger partial charge on any atom is -0.274 e. The predicted octanol–water partition coefficient (Wildman–Crippen LogP) is 3.95. The first kappa shape index (κ1) is 16.9. The van der Waals surface area contributed by atoms with E-state index in [1.54, 1.807) is 42.5 Å². The molecule has 0 N–H and O–H groups in total. The molecule has 126 valence electrons. The number of imide groups is 1. The van der Waals surface area contributed by atoms with Crippen molar-refractivity contribution in [3.8, 4) is 0 Å². The molecular formula is C18H13ClN2O4. The van der Waals surface area contributed by atoms with Gasteiger partial charge in [-0.2, -0.15) is 0 Å². The van der Waals surface area contributed by atoms with Crippen molar-refractivity contribution in [2.75, 3.05) is 6.54 Å². The third-order valence-corrected chi connectivity index (χ3v) is 4.22. The van der Waals surface area contributed by atoms with Crippen LogP contribution < -0.4 is 0 Å². The number of nitro groups is 1. The lowest BCUT2D eigenvalue weighted by Crippen LogP contribution is -2.30. The van der Waals surface area contributed by atoms with Crippen LogP contribution in [0.25, 0.3) is 6.08 Å². The van der Waals surface area contributed by atoms with Crippen LogP contribution in [-0.2, 0) is 0 Å². The fraction of sp³-hybridized carbons (Fsp3) is 0.111. The number of halogens is 1.